The predicted molar refractivity (Wildman–Crippen MR) is 90.7 cm³/mol. The molecule has 0 amide bonds. The Bertz CT molecular complexity index is 802. The molecule has 2 aromatic rings. The van der Waals surface area contributed by atoms with Crippen LogP contribution < -0.4 is 10.6 Å². The number of rotatable bonds is 2. The lowest BCUT2D eigenvalue weighted by atomic mass is 10.0. The van der Waals surface area contributed by atoms with Gasteiger partial charge in [0.2, 0.25) is 0 Å². The number of benzene rings is 2. The number of sulfone groups is 1. The highest BCUT2D eigenvalue weighted by Crippen LogP contribution is 2.30. The van der Waals surface area contributed by atoms with Gasteiger partial charge in [0.15, 0.2) is 9.84 Å². The van der Waals surface area contributed by atoms with Crippen LogP contribution in [-0.4, -0.2) is 38.0 Å². The molecule has 6 heteroatoms. The second kappa shape index (κ2) is 5.27. The molecule has 1 aliphatic rings. The fourth-order valence-electron chi connectivity index (χ4n) is 2.73. The molecule has 0 aromatic heterocycles. The maximum absolute atomic E-state index is 11.6. The molecule has 1 saturated heterocycles. The summed E-state index contributed by atoms with van der Waals surface area (Å²) in [6.07, 6.45) is 0. The van der Waals surface area contributed by atoms with Crippen molar-refractivity contribution in [3.8, 4) is 0 Å². The van der Waals surface area contributed by atoms with Crippen LogP contribution in [0.4, 0.5) is 5.69 Å². The average Bonchev–Trinajstić information content (AvgIpc) is 2.46. The van der Waals surface area contributed by atoms with Crippen LogP contribution in [-0.2, 0) is 9.84 Å². The molecule has 3 rings (SSSR count). The zero-order valence-electron chi connectivity index (χ0n) is 11.5. The topological polar surface area (TPSA) is 63.4 Å². The van der Waals surface area contributed by atoms with Gasteiger partial charge in [0.1, 0.15) is 4.99 Å². The predicted octanol–water partition coefficient (Wildman–Crippen LogP) is 1.71. The fourth-order valence-corrected chi connectivity index (χ4v) is 4.11. The highest BCUT2D eigenvalue weighted by molar-refractivity contribution is 7.91. The maximum Gasteiger partial charge on any atom is 0.153 e. The van der Waals surface area contributed by atoms with Crippen molar-refractivity contribution in [3.05, 3.63) is 42.0 Å². The van der Waals surface area contributed by atoms with Gasteiger partial charge in [-0.3, -0.25) is 0 Å². The Balaban J connectivity index is 2.08. The van der Waals surface area contributed by atoms with E-state index in [1.165, 1.54) is 0 Å². The van der Waals surface area contributed by atoms with E-state index in [4.69, 9.17) is 18.0 Å². The number of anilines is 1. The highest BCUT2D eigenvalue weighted by Gasteiger charge is 2.23. The third-order valence-corrected chi connectivity index (χ3v) is 5.68. The lowest BCUT2D eigenvalue weighted by Gasteiger charge is -2.30. The Hall–Kier alpha value is -1.66. The SMILES string of the molecule is NC(=S)c1ccc(N2CCS(=O)(=O)CC2)c2ccccc12. The van der Waals surface area contributed by atoms with E-state index in [2.05, 4.69) is 4.90 Å². The molecule has 110 valence electrons. The summed E-state index contributed by atoms with van der Waals surface area (Å²) in [4.78, 5) is 2.49. The quantitative estimate of drug-likeness (QED) is 0.854. The van der Waals surface area contributed by atoms with Crippen LogP contribution in [0.5, 0.6) is 0 Å². The first-order valence-corrected chi connectivity index (χ1v) is 8.98. The number of fused-ring (bicyclic) bond motifs is 1. The van der Waals surface area contributed by atoms with E-state index in [1.54, 1.807) is 0 Å². The van der Waals surface area contributed by atoms with Crippen LogP contribution in [0.1, 0.15) is 5.56 Å². The number of hydrogen-bond acceptors (Lipinski definition) is 4. The van der Waals surface area contributed by atoms with Crippen molar-refractivity contribution >= 4 is 43.5 Å². The van der Waals surface area contributed by atoms with Gasteiger partial charge >= 0.3 is 0 Å². The zero-order chi connectivity index (χ0) is 15.0. The summed E-state index contributed by atoms with van der Waals surface area (Å²) in [5, 5.41) is 2.07. The molecule has 2 N–H and O–H groups in total. The number of nitrogens with zero attached hydrogens (tertiary/aromatic N) is 1. The van der Waals surface area contributed by atoms with E-state index in [0.29, 0.717) is 18.1 Å². The van der Waals surface area contributed by atoms with Crippen molar-refractivity contribution in [2.24, 2.45) is 5.73 Å². The minimum atomic E-state index is -2.88. The van der Waals surface area contributed by atoms with Crippen LogP contribution >= 0.6 is 12.2 Å². The van der Waals surface area contributed by atoms with Gasteiger partial charge in [0, 0.05) is 29.7 Å². The summed E-state index contributed by atoms with van der Waals surface area (Å²) >= 11 is 5.10. The van der Waals surface area contributed by atoms with Crippen LogP contribution in [0.25, 0.3) is 10.8 Å². The Morgan fingerprint density at radius 1 is 1.05 bits per heavy atom. The summed E-state index contributed by atoms with van der Waals surface area (Å²) < 4.78 is 23.1. The molecule has 1 aliphatic heterocycles. The molecule has 0 saturated carbocycles. The normalized spacial score (nSPS) is 17.8. The monoisotopic (exact) mass is 320 g/mol. The summed E-state index contributed by atoms with van der Waals surface area (Å²) in [6, 6.07) is 11.8. The van der Waals surface area contributed by atoms with E-state index in [9.17, 15) is 8.42 Å². The molecule has 0 spiro atoms. The fraction of sp³-hybridized carbons (Fsp3) is 0.267. The van der Waals surface area contributed by atoms with Crippen molar-refractivity contribution in [1.82, 2.24) is 0 Å². The molecule has 0 unspecified atom stereocenters. The first-order chi connectivity index (χ1) is 9.98. The van der Waals surface area contributed by atoms with E-state index >= 15 is 0 Å². The van der Waals surface area contributed by atoms with Gasteiger partial charge in [-0.25, -0.2) is 8.42 Å². The molecule has 21 heavy (non-hydrogen) atoms. The second-order valence-electron chi connectivity index (χ2n) is 5.18. The lowest BCUT2D eigenvalue weighted by molar-refractivity contribution is 0.587. The van der Waals surface area contributed by atoms with Crippen LogP contribution in [0.2, 0.25) is 0 Å². The van der Waals surface area contributed by atoms with Crippen LogP contribution in [0.3, 0.4) is 0 Å². The molecular formula is C15H16N2O2S2. The molecule has 0 atom stereocenters. The Morgan fingerprint density at radius 3 is 2.29 bits per heavy atom. The zero-order valence-corrected chi connectivity index (χ0v) is 13.1. The summed E-state index contributed by atoms with van der Waals surface area (Å²) in [6.45, 7) is 1.05. The maximum atomic E-state index is 11.6. The van der Waals surface area contributed by atoms with Crippen molar-refractivity contribution in [2.75, 3.05) is 29.5 Å². The van der Waals surface area contributed by atoms with Crippen molar-refractivity contribution in [1.29, 1.82) is 0 Å². The third-order valence-electron chi connectivity index (χ3n) is 3.85. The molecule has 1 heterocycles. The minimum Gasteiger partial charge on any atom is -0.389 e. The summed E-state index contributed by atoms with van der Waals surface area (Å²) in [7, 11) is -2.88. The molecule has 1 fully saturated rings. The molecule has 2 aromatic carbocycles. The molecule has 0 radical (unpaired) electrons. The average molecular weight is 320 g/mol. The van der Waals surface area contributed by atoms with Crippen LogP contribution in [0.15, 0.2) is 36.4 Å². The highest BCUT2D eigenvalue weighted by atomic mass is 32.2. The molecule has 0 bridgehead atoms. The first-order valence-electron chi connectivity index (χ1n) is 6.75. The van der Waals surface area contributed by atoms with E-state index in [0.717, 1.165) is 22.0 Å². The Kier molecular flexibility index (Phi) is 3.59. The van der Waals surface area contributed by atoms with Gasteiger partial charge in [-0.15, -0.1) is 0 Å². The van der Waals surface area contributed by atoms with Gasteiger partial charge in [0.05, 0.1) is 11.5 Å². The number of hydrogen-bond donors (Lipinski definition) is 1. The van der Waals surface area contributed by atoms with Gasteiger partial charge in [0.25, 0.3) is 0 Å². The number of nitrogens with two attached hydrogens (primary N) is 1. The van der Waals surface area contributed by atoms with Gasteiger partial charge in [-0.05, 0) is 17.5 Å². The van der Waals surface area contributed by atoms with E-state index < -0.39 is 9.84 Å². The second-order valence-corrected chi connectivity index (χ2v) is 7.92. The smallest absolute Gasteiger partial charge is 0.153 e. The molecule has 4 nitrogen and oxygen atoms in total. The Morgan fingerprint density at radius 2 is 1.67 bits per heavy atom. The van der Waals surface area contributed by atoms with Gasteiger partial charge < -0.3 is 10.6 Å². The number of thiocarbonyl (C=S) groups is 1. The minimum absolute atomic E-state index is 0.207. The Labute approximate surface area is 129 Å². The van der Waals surface area contributed by atoms with Gasteiger partial charge in [-0.2, -0.15) is 0 Å². The van der Waals surface area contributed by atoms with Crippen molar-refractivity contribution in [3.63, 3.8) is 0 Å². The van der Waals surface area contributed by atoms with E-state index in [-0.39, 0.29) is 11.5 Å². The third kappa shape index (κ3) is 2.73. The van der Waals surface area contributed by atoms with Crippen LogP contribution in [0, 0.1) is 0 Å². The molecule has 0 aliphatic carbocycles. The molecular weight excluding hydrogens is 304 g/mol. The van der Waals surface area contributed by atoms with Gasteiger partial charge in [-0.1, -0.05) is 36.5 Å². The van der Waals surface area contributed by atoms with E-state index in [1.807, 2.05) is 36.4 Å². The standard InChI is InChI=1S/C15H16N2O2S2/c16-15(20)13-5-6-14(12-4-2-1-3-11(12)13)17-7-9-21(18,19)10-8-17/h1-6H,7-10H2,(H2,16,20). The van der Waals surface area contributed by atoms with Crippen molar-refractivity contribution < 1.29 is 8.42 Å². The lowest BCUT2D eigenvalue weighted by Crippen LogP contribution is -2.40. The summed E-state index contributed by atoms with van der Waals surface area (Å²) in [5.74, 6) is 0.413. The summed E-state index contributed by atoms with van der Waals surface area (Å²) in [5.41, 5.74) is 7.68. The van der Waals surface area contributed by atoms with Crippen molar-refractivity contribution in [2.45, 2.75) is 0 Å². The first kappa shape index (κ1) is 14.3. The largest absolute Gasteiger partial charge is 0.389 e.